The Kier molecular flexibility index (Phi) is 4.53. The Labute approximate surface area is 131 Å². The number of nitrogens with zero attached hydrogens (tertiary/aromatic N) is 4. The number of benzene rings is 1. The molecule has 1 unspecified atom stereocenters. The largest absolute Gasteiger partial charge is 0.372 e. The van der Waals surface area contributed by atoms with Crippen LogP contribution in [-0.2, 0) is 4.74 Å². The number of rotatable bonds is 3. The van der Waals surface area contributed by atoms with E-state index in [0.29, 0.717) is 6.61 Å². The third-order valence-electron chi connectivity index (χ3n) is 3.86. The van der Waals surface area contributed by atoms with Gasteiger partial charge in [-0.25, -0.2) is 4.98 Å². The zero-order valence-electron chi connectivity index (χ0n) is 13.1. The quantitative estimate of drug-likeness (QED) is 0.871. The molecule has 1 aliphatic rings. The minimum absolute atomic E-state index is 0.168. The van der Waals surface area contributed by atoms with Gasteiger partial charge in [0.15, 0.2) is 0 Å². The molecule has 2 aromatic rings. The summed E-state index contributed by atoms with van der Waals surface area (Å²) in [6, 6.07) is 12.4. The van der Waals surface area contributed by atoms with Gasteiger partial charge in [-0.3, -0.25) is 0 Å². The molecule has 116 valence electrons. The molecule has 1 atom stereocenters. The average molecular weight is 298 g/mol. The summed E-state index contributed by atoms with van der Waals surface area (Å²) in [5, 5.41) is 0. The summed E-state index contributed by atoms with van der Waals surface area (Å²) >= 11 is 0. The van der Waals surface area contributed by atoms with Gasteiger partial charge in [0.05, 0.1) is 12.7 Å². The normalized spacial score (nSPS) is 18.8. The van der Waals surface area contributed by atoms with Crippen LogP contribution in [0.4, 0.5) is 11.8 Å². The summed E-state index contributed by atoms with van der Waals surface area (Å²) in [6.45, 7) is 2.50. The maximum absolute atomic E-state index is 6.02. The lowest BCUT2D eigenvalue weighted by Gasteiger charge is -2.22. The fraction of sp³-hybridized carbons (Fsp3) is 0.412. The van der Waals surface area contributed by atoms with Crippen LogP contribution in [0.5, 0.6) is 0 Å². The van der Waals surface area contributed by atoms with E-state index < -0.39 is 0 Å². The fourth-order valence-corrected chi connectivity index (χ4v) is 2.66. The highest BCUT2D eigenvalue weighted by molar-refractivity contribution is 5.43. The Morgan fingerprint density at radius 2 is 1.95 bits per heavy atom. The maximum atomic E-state index is 6.02. The smallest absolute Gasteiger partial charge is 0.226 e. The minimum atomic E-state index is 0.168. The molecule has 0 radical (unpaired) electrons. The van der Waals surface area contributed by atoms with Gasteiger partial charge in [0, 0.05) is 33.4 Å². The van der Waals surface area contributed by atoms with Gasteiger partial charge in [-0.05, 0) is 18.1 Å². The molecule has 0 amide bonds. The van der Waals surface area contributed by atoms with E-state index in [1.165, 1.54) is 5.56 Å². The van der Waals surface area contributed by atoms with E-state index in [2.05, 4.69) is 39.1 Å². The molecule has 0 aliphatic carbocycles. The summed E-state index contributed by atoms with van der Waals surface area (Å²) in [6.07, 6.45) is 2.95. The Morgan fingerprint density at radius 1 is 1.14 bits per heavy atom. The Hall–Kier alpha value is -2.14. The van der Waals surface area contributed by atoms with E-state index in [4.69, 9.17) is 4.74 Å². The lowest BCUT2D eigenvalue weighted by molar-refractivity contribution is 0.0647. The van der Waals surface area contributed by atoms with Crippen LogP contribution >= 0.6 is 0 Å². The van der Waals surface area contributed by atoms with Crippen LogP contribution in [0.1, 0.15) is 18.1 Å². The van der Waals surface area contributed by atoms with E-state index in [-0.39, 0.29) is 6.10 Å². The molecule has 1 aromatic heterocycles. The first kappa shape index (κ1) is 14.8. The molecule has 0 spiro atoms. The van der Waals surface area contributed by atoms with Crippen molar-refractivity contribution >= 4 is 11.8 Å². The summed E-state index contributed by atoms with van der Waals surface area (Å²) < 4.78 is 6.02. The van der Waals surface area contributed by atoms with Gasteiger partial charge in [-0.2, -0.15) is 4.98 Å². The van der Waals surface area contributed by atoms with Crippen molar-refractivity contribution in [3.05, 3.63) is 48.2 Å². The molecule has 0 bridgehead atoms. The molecular formula is C17H22N4O. The molecule has 1 fully saturated rings. The number of hydrogen-bond donors (Lipinski definition) is 0. The van der Waals surface area contributed by atoms with E-state index in [0.717, 1.165) is 31.3 Å². The van der Waals surface area contributed by atoms with E-state index >= 15 is 0 Å². The SMILES string of the molecule is CN(C)c1nccc(N2CCOC(c3ccccc3)CC2)n1. The molecule has 22 heavy (non-hydrogen) atoms. The van der Waals surface area contributed by atoms with Crippen molar-refractivity contribution in [3.8, 4) is 0 Å². The van der Waals surface area contributed by atoms with Gasteiger partial charge in [-0.1, -0.05) is 30.3 Å². The lowest BCUT2D eigenvalue weighted by Crippen LogP contribution is -2.27. The first-order valence-corrected chi connectivity index (χ1v) is 7.66. The zero-order chi connectivity index (χ0) is 15.4. The molecule has 1 saturated heterocycles. The summed E-state index contributed by atoms with van der Waals surface area (Å²) in [5.41, 5.74) is 1.25. The number of anilines is 2. The molecule has 1 aliphatic heterocycles. The Morgan fingerprint density at radius 3 is 2.73 bits per heavy atom. The lowest BCUT2D eigenvalue weighted by atomic mass is 10.1. The number of aromatic nitrogens is 2. The van der Waals surface area contributed by atoms with Crippen molar-refractivity contribution in [2.45, 2.75) is 12.5 Å². The first-order chi connectivity index (χ1) is 10.7. The molecule has 5 nitrogen and oxygen atoms in total. The number of hydrogen-bond acceptors (Lipinski definition) is 5. The maximum Gasteiger partial charge on any atom is 0.226 e. The van der Waals surface area contributed by atoms with Crippen molar-refractivity contribution in [3.63, 3.8) is 0 Å². The molecule has 1 aromatic carbocycles. The zero-order valence-corrected chi connectivity index (χ0v) is 13.1. The van der Waals surface area contributed by atoms with Gasteiger partial charge < -0.3 is 14.5 Å². The predicted molar refractivity (Wildman–Crippen MR) is 88.3 cm³/mol. The highest BCUT2D eigenvalue weighted by Gasteiger charge is 2.20. The first-order valence-electron chi connectivity index (χ1n) is 7.66. The van der Waals surface area contributed by atoms with Crippen LogP contribution in [-0.4, -0.2) is 43.8 Å². The number of ether oxygens (including phenoxy) is 1. The van der Waals surface area contributed by atoms with Crippen molar-refractivity contribution < 1.29 is 4.74 Å². The van der Waals surface area contributed by atoms with Crippen LogP contribution < -0.4 is 9.80 Å². The molecule has 0 saturated carbocycles. The third kappa shape index (κ3) is 3.36. The highest BCUT2D eigenvalue weighted by atomic mass is 16.5. The average Bonchev–Trinajstić information content (AvgIpc) is 2.82. The van der Waals surface area contributed by atoms with E-state index in [1.54, 1.807) is 0 Å². The van der Waals surface area contributed by atoms with E-state index in [9.17, 15) is 0 Å². The van der Waals surface area contributed by atoms with Gasteiger partial charge in [0.1, 0.15) is 5.82 Å². The van der Waals surface area contributed by atoms with Crippen LogP contribution in [0, 0.1) is 0 Å². The van der Waals surface area contributed by atoms with Crippen LogP contribution in [0.3, 0.4) is 0 Å². The Balaban J connectivity index is 1.71. The third-order valence-corrected chi connectivity index (χ3v) is 3.86. The molecule has 2 heterocycles. The second kappa shape index (κ2) is 6.75. The second-order valence-electron chi connectivity index (χ2n) is 5.66. The van der Waals surface area contributed by atoms with Gasteiger partial charge >= 0.3 is 0 Å². The van der Waals surface area contributed by atoms with Crippen molar-refractivity contribution in [1.82, 2.24) is 9.97 Å². The monoisotopic (exact) mass is 298 g/mol. The van der Waals surface area contributed by atoms with E-state index in [1.807, 2.05) is 37.3 Å². The van der Waals surface area contributed by atoms with Gasteiger partial charge in [-0.15, -0.1) is 0 Å². The standard InChI is InChI=1S/C17H22N4O/c1-20(2)17-18-10-8-16(19-17)21-11-9-15(22-13-12-21)14-6-4-3-5-7-14/h3-8,10,15H,9,11-13H2,1-2H3. The topological polar surface area (TPSA) is 41.5 Å². The van der Waals surface area contributed by atoms with Crippen molar-refractivity contribution in [2.75, 3.05) is 43.6 Å². The summed E-state index contributed by atoms with van der Waals surface area (Å²) in [7, 11) is 3.91. The molecule has 5 heteroatoms. The second-order valence-corrected chi connectivity index (χ2v) is 5.66. The predicted octanol–water partition coefficient (Wildman–Crippen LogP) is 2.51. The van der Waals surface area contributed by atoms with Crippen LogP contribution in [0.25, 0.3) is 0 Å². The Bertz CT molecular complexity index is 603. The molecular weight excluding hydrogens is 276 g/mol. The van der Waals surface area contributed by atoms with Crippen LogP contribution in [0.2, 0.25) is 0 Å². The minimum Gasteiger partial charge on any atom is -0.372 e. The van der Waals surface area contributed by atoms with Gasteiger partial charge in [0.2, 0.25) is 5.95 Å². The van der Waals surface area contributed by atoms with Crippen molar-refractivity contribution in [1.29, 1.82) is 0 Å². The van der Waals surface area contributed by atoms with Crippen molar-refractivity contribution in [2.24, 2.45) is 0 Å². The van der Waals surface area contributed by atoms with Gasteiger partial charge in [0.25, 0.3) is 0 Å². The molecule has 3 rings (SSSR count). The summed E-state index contributed by atoms with van der Waals surface area (Å²) in [5.74, 6) is 1.71. The fourth-order valence-electron chi connectivity index (χ4n) is 2.66. The van der Waals surface area contributed by atoms with Crippen LogP contribution in [0.15, 0.2) is 42.6 Å². The molecule has 0 N–H and O–H groups in total. The highest BCUT2D eigenvalue weighted by Crippen LogP contribution is 2.25. The summed E-state index contributed by atoms with van der Waals surface area (Å²) in [4.78, 5) is 13.1.